The van der Waals surface area contributed by atoms with Gasteiger partial charge in [-0.15, -0.1) is 0 Å². The van der Waals surface area contributed by atoms with Gasteiger partial charge in [0.15, 0.2) is 0 Å². The van der Waals surface area contributed by atoms with Crippen molar-refractivity contribution < 1.29 is 9.90 Å². The Hall–Kier alpha value is 2.15. The molecule has 0 aromatic heterocycles. The molecule has 31 heavy (non-hydrogen) atoms. The average Bonchev–Trinajstić information content (AvgIpc) is 2.47. The van der Waals surface area contributed by atoms with Gasteiger partial charge in [0.25, 0.3) is 0 Å². The van der Waals surface area contributed by atoms with Crippen molar-refractivity contribution in [2.75, 3.05) is 76.9 Å². The van der Waals surface area contributed by atoms with Crippen molar-refractivity contribution in [3.05, 3.63) is 23.8 Å². The molecule has 1 rings (SSSR count). The fraction of sp³-hybridized carbons (Fsp3) is 0.632. The summed E-state index contributed by atoms with van der Waals surface area (Å²) in [7, 11) is -1.14. The van der Waals surface area contributed by atoms with Crippen molar-refractivity contribution in [3.63, 3.8) is 0 Å². The summed E-state index contributed by atoms with van der Waals surface area (Å²) in [6.07, 6.45) is 0. The Balaban J connectivity index is 3.79. The first-order valence-electron chi connectivity index (χ1n) is 9.70. The van der Waals surface area contributed by atoms with Crippen LogP contribution in [0.2, 0.25) is 0 Å². The maximum Gasteiger partial charge on any atom is 0.335 e. The van der Waals surface area contributed by atoms with Gasteiger partial charge in [0.05, 0.1) is 5.56 Å². The lowest BCUT2D eigenvalue weighted by molar-refractivity contribution is 0.0697. The first-order valence-corrected chi connectivity index (χ1v) is 28.7. The van der Waals surface area contributed by atoms with Crippen molar-refractivity contribution in [2.24, 2.45) is 0 Å². The quantitative estimate of drug-likeness (QED) is 0.293. The number of aromatic carboxylic acids is 1. The Morgan fingerprint density at radius 1 is 0.710 bits per heavy atom. The second-order valence-electron chi connectivity index (χ2n) is 9.95. The SMILES string of the molecule is CP(C)(=S)CP(CP(C)(C)=S)c1ccc(C(=O)O)cc1P(CP(C)(C)=S)CP(C)(C)=S. The monoisotopic (exact) mass is 610 g/mol. The Morgan fingerprint density at radius 3 is 1.32 bits per heavy atom. The maximum atomic E-state index is 11.8. The largest absolute Gasteiger partial charge is 0.478 e. The lowest BCUT2D eigenvalue weighted by atomic mass is 10.2. The van der Waals surface area contributed by atoms with Gasteiger partial charge in [-0.05, 0) is 100 Å². The molecule has 1 aromatic rings. The van der Waals surface area contributed by atoms with Gasteiger partial charge in [0.2, 0.25) is 0 Å². The standard InChI is InChI=1S/C19H36O2P6S4/c1-24(2,28)12-22(13-25(3,4)29)17-10-9-16(19(20)21)11-18(17)23(14-26(5,6)30)15-27(7,8)31/h9-11H,12-15H2,1-8H3,(H,20,21). The number of rotatable bonds is 11. The topological polar surface area (TPSA) is 37.3 Å². The molecule has 0 saturated carbocycles. The number of carboxylic acids is 1. The van der Waals surface area contributed by atoms with E-state index in [0.29, 0.717) is 5.56 Å². The lowest BCUT2D eigenvalue weighted by Crippen LogP contribution is -2.27. The maximum absolute atomic E-state index is 11.8. The van der Waals surface area contributed by atoms with E-state index in [-0.39, 0.29) is 0 Å². The third-order valence-electron chi connectivity index (χ3n) is 3.95. The normalized spacial score (nSPS) is 13.7. The molecule has 0 spiro atoms. The van der Waals surface area contributed by atoms with Gasteiger partial charge in [-0.25, -0.2) is 4.79 Å². The highest BCUT2D eigenvalue weighted by molar-refractivity contribution is 8.21. The molecule has 178 valence electrons. The lowest BCUT2D eigenvalue weighted by Gasteiger charge is -2.32. The third kappa shape index (κ3) is 13.1. The summed E-state index contributed by atoms with van der Waals surface area (Å²) in [4.78, 5) is 11.8. The summed E-state index contributed by atoms with van der Waals surface area (Å²) in [5.41, 5.74) is 0.363. The van der Waals surface area contributed by atoms with E-state index >= 15 is 0 Å². The van der Waals surface area contributed by atoms with Crippen molar-refractivity contribution in [1.29, 1.82) is 0 Å². The molecule has 0 bridgehead atoms. The Morgan fingerprint density at radius 2 is 1.03 bits per heavy atom. The first-order chi connectivity index (χ1) is 13.7. The van der Waals surface area contributed by atoms with E-state index in [0.717, 1.165) is 23.6 Å². The van der Waals surface area contributed by atoms with Crippen LogP contribution in [0.3, 0.4) is 0 Å². The van der Waals surface area contributed by atoms with Gasteiger partial charge < -0.3 is 5.11 Å². The van der Waals surface area contributed by atoms with Crippen LogP contribution in [0.4, 0.5) is 0 Å². The van der Waals surface area contributed by atoms with Crippen LogP contribution in [0.25, 0.3) is 0 Å². The van der Waals surface area contributed by atoms with E-state index in [1.54, 1.807) is 6.07 Å². The fourth-order valence-electron chi connectivity index (χ4n) is 3.22. The van der Waals surface area contributed by atoms with Gasteiger partial charge in [-0.3, -0.25) is 0 Å². The number of hydrogen-bond acceptors (Lipinski definition) is 5. The Labute approximate surface area is 213 Å². The molecule has 1 N–H and O–H groups in total. The predicted molar refractivity (Wildman–Crippen MR) is 171 cm³/mol. The zero-order chi connectivity index (χ0) is 24.4. The summed E-state index contributed by atoms with van der Waals surface area (Å²) in [6, 6.07) is -0.0354. The van der Waals surface area contributed by atoms with Crippen LogP contribution < -0.4 is 10.6 Å². The summed E-state index contributed by atoms with van der Waals surface area (Å²) < 4.78 is 0. The molecule has 2 nitrogen and oxygen atoms in total. The highest BCUT2D eigenvalue weighted by atomic mass is 32.5. The summed E-state index contributed by atoms with van der Waals surface area (Å²) in [6.45, 7) is 17.7. The van der Waals surface area contributed by atoms with Crippen LogP contribution in [0.5, 0.6) is 0 Å². The third-order valence-corrected chi connectivity index (χ3v) is 26.8. The molecule has 0 aliphatic carbocycles. The molecule has 0 aliphatic heterocycles. The summed E-state index contributed by atoms with van der Waals surface area (Å²) in [5, 5.41) is 12.3. The molecule has 0 unspecified atom stereocenters. The zero-order valence-electron chi connectivity index (χ0n) is 19.7. The van der Waals surface area contributed by atoms with Crippen molar-refractivity contribution >= 4 is 104 Å². The molecule has 1 aromatic carbocycles. The van der Waals surface area contributed by atoms with E-state index in [1.165, 1.54) is 10.6 Å². The second-order valence-corrected chi connectivity index (χ2v) is 42.1. The van der Waals surface area contributed by atoms with Gasteiger partial charge in [-0.2, -0.15) is 0 Å². The van der Waals surface area contributed by atoms with E-state index in [2.05, 4.69) is 59.4 Å². The summed E-state index contributed by atoms with van der Waals surface area (Å²) >= 11 is 23.6. The number of benzene rings is 1. The molecule has 0 radical (unpaired) electrons. The fourth-order valence-corrected chi connectivity index (χ4v) is 28.4. The van der Waals surface area contributed by atoms with Gasteiger partial charge in [0, 0.05) is 23.6 Å². The molecule has 0 amide bonds. The first kappa shape index (κ1) is 31.2. The minimum Gasteiger partial charge on any atom is -0.478 e. The van der Waals surface area contributed by atoms with E-state index < -0.39 is 46.0 Å². The molecule has 0 fully saturated rings. The predicted octanol–water partition coefficient (Wildman–Crippen LogP) is 6.39. The van der Waals surface area contributed by atoms with Crippen LogP contribution in [0, 0.1) is 0 Å². The van der Waals surface area contributed by atoms with Crippen LogP contribution >= 0.6 is 40.0 Å². The highest BCUT2D eigenvalue weighted by Gasteiger charge is 2.28. The number of hydrogen-bond donors (Lipinski definition) is 1. The van der Waals surface area contributed by atoms with Crippen LogP contribution in [0.15, 0.2) is 18.2 Å². The van der Waals surface area contributed by atoms with E-state index in [9.17, 15) is 9.90 Å². The molecule has 12 heteroatoms. The zero-order valence-corrected chi connectivity index (χ0v) is 28.4. The van der Waals surface area contributed by atoms with Crippen LogP contribution in [-0.4, -0.2) is 88.0 Å². The van der Waals surface area contributed by atoms with Crippen molar-refractivity contribution in [3.8, 4) is 0 Å². The van der Waals surface area contributed by atoms with E-state index in [1.807, 2.05) is 6.07 Å². The Bertz CT molecular complexity index is 953. The molecule has 0 heterocycles. The molecule has 0 saturated heterocycles. The molecule has 0 atom stereocenters. The average molecular weight is 611 g/mol. The van der Waals surface area contributed by atoms with Crippen LogP contribution in [-0.2, 0) is 47.2 Å². The van der Waals surface area contributed by atoms with Gasteiger partial charge in [0.1, 0.15) is 0 Å². The van der Waals surface area contributed by atoms with Crippen LogP contribution in [0.1, 0.15) is 10.4 Å². The number of carboxylic acid groups (broad SMARTS) is 1. The second kappa shape index (κ2) is 11.9. The van der Waals surface area contributed by atoms with Gasteiger partial charge in [-0.1, -0.05) is 69.1 Å². The Kier molecular flexibility index (Phi) is 12.0. The summed E-state index contributed by atoms with van der Waals surface area (Å²) in [5.74, 6) is 3.14. The molecular weight excluding hydrogens is 574 g/mol. The van der Waals surface area contributed by atoms with Crippen molar-refractivity contribution in [1.82, 2.24) is 0 Å². The highest BCUT2D eigenvalue weighted by Crippen LogP contribution is 2.62. The minimum atomic E-state index is -1.48. The van der Waals surface area contributed by atoms with E-state index in [4.69, 9.17) is 47.2 Å². The minimum absolute atomic E-state index is 0.363. The van der Waals surface area contributed by atoms with Crippen molar-refractivity contribution in [2.45, 2.75) is 0 Å². The molecular formula is C19H36O2P6S4. The molecule has 0 aliphatic rings. The smallest absolute Gasteiger partial charge is 0.335 e. The van der Waals surface area contributed by atoms with Gasteiger partial charge >= 0.3 is 5.97 Å². The number of carbonyl (C=O) groups is 1.